The topological polar surface area (TPSA) is 52.7 Å². The molecule has 5 nitrogen and oxygen atoms in total. The highest BCUT2D eigenvalue weighted by Crippen LogP contribution is 2.33. The number of benzene rings is 1. The zero-order valence-electron chi connectivity index (χ0n) is 13.4. The van der Waals surface area contributed by atoms with Gasteiger partial charge in [0.15, 0.2) is 0 Å². The molecule has 0 aliphatic carbocycles. The van der Waals surface area contributed by atoms with Crippen molar-refractivity contribution in [3.05, 3.63) is 39.8 Å². The SMILES string of the molecule is CN(C)NC(=O)CCCN1C(=O)C(=Cc2ccccc2Cl)SC1=S. The number of nitrogens with zero attached hydrogens (tertiary/aromatic N) is 2. The van der Waals surface area contributed by atoms with Crippen molar-refractivity contribution in [2.45, 2.75) is 12.8 Å². The van der Waals surface area contributed by atoms with Crippen molar-refractivity contribution in [1.82, 2.24) is 15.3 Å². The van der Waals surface area contributed by atoms with Gasteiger partial charge in [-0.25, -0.2) is 5.01 Å². The van der Waals surface area contributed by atoms with Crippen LogP contribution in [0.25, 0.3) is 6.08 Å². The monoisotopic (exact) mass is 383 g/mol. The third-order valence-electron chi connectivity index (χ3n) is 3.20. The van der Waals surface area contributed by atoms with Crippen LogP contribution in [0, 0.1) is 0 Å². The predicted octanol–water partition coefficient (Wildman–Crippen LogP) is 2.91. The van der Waals surface area contributed by atoms with Gasteiger partial charge in [-0.15, -0.1) is 0 Å². The molecule has 0 spiro atoms. The van der Waals surface area contributed by atoms with Gasteiger partial charge < -0.3 is 0 Å². The van der Waals surface area contributed by atoms with Gasteiger partial charge in [0.05, 0.1) is 4.91 Å². The Labute approximate surface area is 156 Å². The van der Waals surface area contributed by atoms with E-state index in [0.717, 1.165) is 5.56 Å². The van der Waals surface area contributed by atoms with Gasteiger partial charge in [0.2, 0.25) is 5.91 Å². The average Bonchev–Trinajstić information content (AvgIpc) is 2.76. The van der Waals surface area contributed by atoms with E-state index >= 15 is 0 Å². The predicted molar refractivity (Wildman–Crippen MR) is 102 cm³/mol. The average molecular weight is 384 g/mol. The molecule has 0 radical (unpaired) electrons. The van der Waals surface area contributed by atoms with E-state index in [9.17, 15) is 9.59 Å². The van der Waals surface area contributed by atoms with E-state index in [1.165, 1.54) is 16.7 Å². The molecular formula is C16H18ClN3O2S2. The number of thioether (sulfide) groups is 1. The Hall–Kier alpha value is -1.41. The van der Waals surface area contributed by atoms with Crippen LogP contribution in [0.5, 0.6) is 0 Å². The highest BCUT2D eigenvalue weighted by atomic mass is 35.5. The molecule has 1 aliphatic heterocycles. The van der Waals surface area contributed by atoms with Crippen LogP contribution in [-0.2, 0) is 9.59 Å². The minimum Gasteiger partial charge on any atom is -0.293 e. The molecule has 0 saturated carbocycles. The van der Waals surface area contributed by atoms with Gasteiger partial charge in [0.25, 0.3) is 5.91 Å². The third kappa shape index (κ3) is 5.04. The molecule has 0 aromatic heterocycles. The van der Waals surface area contributed by atoms with Crippen molar-refractivity contribution in [2.75, 3.05) is 20.6 Å². The van der Waals surface area contributed by atoms with Gasteiger partial charge in [-0.3, -0.25) is 19.9 Å². The van der Waals surface area contributed by atoms with E-state index in [2.05, 4.69) is 5.43 Å². The van der Waals surface area contributed by atoms with Crippen LogP contribution < -0.4 is 5.43 Å². The van der Waals surface area contributed by atoms with Gasteiger partial charge in [0, 0.05) is 32.1 Å². The lowest BCUT2D eigenvalue weighted by Gasteiger charge is -2.15. The van der Waals surface area contributed by atoms with Crippen molar-refractivity contribution in [1.29, 1.82) is 0 Å². The number of hydrogen-bond donors (Lipinski definition) is 1. The fourth-order valence-corrected chi connectivity index (χ4v) is 3.62. The first-order chi connectivity index (χ1) is 11.4. The lowest BCUT2D eigenvalue weighted by molar-refractivity contribution is -0.126. The quantitative estimate of drug-likeness (QED) is 0.465. The molecule has 1 heterocycles. The van der Waals surface area contributed by atoms with E-state index in [0.29, 0.717) is 33.6 Å². The highest BCUT2D eigenvalue weighted by Gasteiger charge is 2.31. The van der Waals surface area contributed by atoms with Gasteiger partial charge in [0.1, 0.15) is 4.32 Å². The highest BCUT2D eigenvalue weighted by molar-refractivity contribution is 8.26. The van der Waals surface area contributed by atoms with E-state index in [1.807, 2.05) is 18.2 Å². The summed E-state index contributed by atoms with van der Waals surface area (Å²) in [5.74, 6) is -0.227. The molecule has 0 atom stereocenters. The molecule has 1 N–H and O–H groups in total. The summed E-state index contributed by atoms with van der Waals surface area (Å²) < 4.78 is 0.506. The van der Waals surface area contributed by atoms with Crippen molar-refractivity contribution >= 4 is 57.8 Å². The van der Waals surface area contributed by atoms with Crippen LogP contribution in [0.15, 0.2) is 29.2 Å². The summed E-state index contributed by atoms with van der Waals surface area (Å²) in [6.45, 7) is 0.422. The molecule has 1 aliphatic rings. The fourth-order valence-electron chi connectivity index (χ4n) is 2.13. The van der Waals surface area contributed by atoms with E-state index in [-0.39, 0.29) is 11.8 Å². The van der Waals surface area contributed by atoms with E-state index < -0.39 is 0 Å². The van der Waals surface area contributed by atoms with Gasteiger partial charge in [-0.1, -0.05) is 53.8 Å². The van der Waals surface area contributed by atoms with Crippen molar-refractivity contribution < 1.29 is 9.59 Å². The lowest BCUT2D eigenvalue weighted by Crippen LogP contribution is -2.36. The smallest absolute Gasteiger partial charge is 0.266 e. The second-order valence-electron chi connectivity index (χ2n) is 5.39. The molecule has 1 saturated heterocycles. The Morgan fingerprint density at radius 2 is 2.12 bits per heavy atom. The van der Waals surface area contributed by atoms with Crippen LogP contribution >= 0.6 is 35.6 Å². The number of hydrogen-bond acceptors (Lipinski definition) is 5. The van der Waals surface area contributed by atoms with E-state index in [1.54, 1.807) is 31.2 Å². The second kappa shape index (κ2) is 8.62. The van der Waals surface area contributed by atoms with Crippen LogP contribution in [-0.4, -0.2) is 46.7 Å². The normalized spacial score (nSPS) is 16.3. The maximum absolute atomic E-state index is 12.5. The van der Waals surface area contributed by atoms with Gasteiger partial charge >= 0.3 is 0 Å². The summed E-state index contributed by atoms with van der Waals surface area (Å²) >= 11 is 12.7. The zero-order chi connectivity index (χ0) is 17.7. The number of nitrogens with one attached hydrogen (secondary N) is 1. The molecule has 1 aromatic carbocycles. The van der Waals surface area contributed by atoms with Gasteiger partial charge in [-0.05, 0) is 24.1 Å². The molecule has 128 valence electrons. The molecule has 1 aromatic rings. The number of amides is 2. The molecule has 0 bridgehead atoms. The Balaban J connectivity index is 1.97. The largest absolute Gasteiger partial charge is 0.293 e. The van der Waals surface area contributed by atoms with Crippen LogP contribution in [0.2, 0.25) is 5.02 Å². The summed E-state index contributed by atoms with van der Waals surface area (Å²) in [5.41, 5.74) is 3.45. The van der Waals surface area contributed by atoms with E-state index in [4.69, 9.17) is 23.8 Å². The summed E-state index contributed by atoms with van der Waals surface area (Å²) in [7, 11) is 3.50. The number of carbonyl (C=O) groups is 2. The second-order valence-corrected chi connectivity index (χ2v) is 7.47. The van der Waals surface area contributed by atoms with Crippen LogP contribution in [0.1, 0.15) is 18.4 Å². The number of rotatable bonds is 6. The van der Waals surface area contributed by atoms with Gasteiger partial charge in [-0.2, -0.15) is 0 Å². The number of hydrazine groups is 1. The van der Waals surface area contributed by atoms with Crippen LogP contribution in [0.3, 0.4) is 0 Å². The molecule has 2 rings (SSSR count). The van der Waals surface area contributed by atoms with Crippen molar-refractivity contribution in [3.63, 3.8) is 0 Å². The number of halogens is 1. The molecule has 1 fully saturated rings. The first-order valence-corrected chi connectivity index (χ1v) is 8.95. The summed E-state index contributed by atoms with van der Waals surface area (Å²) in [6, 6.07) is 7.32. The lowest BCUT2D eigenvalue weighted by atomic mass is 10.2. The minimum absolute atomic E-state index is 0.0861. The summed E-state index contributed by atoms with van der Waals surface area (Å²) in [5, 5.41) is 2.18. The zero-order valence-corrected chi connectivity index (χ0v) is 15.8. The Bertz CT molecular complexity index is 692. The number of thiocarbonyl (C=S) groups is 1. The standard InChI is InChI=1S/C16H18ClN3O2S2/c1-19(2)18-14(21)8-5-9-20-15(22)13(24-16(20)23)10-11-6-3-4-7-12(11)17/h3-4,6-7,10H,5,8-9H2,1-2H3,(H,18,21). The maximum atomic E-state index is 12.5. The molecule has 0 unspecified atom stereocenters. The first-order valence-electron chi connectivity index (χ1n) is 7.35. The molecule has 2 amide bonds. The Morgan fingerprint density at radius 3 is 2.79 bits per heavy atom. The Kier molecular flexibility index (Phi) is 6.79. The van der Waals surface area contributed by atoms with Crippen LogP contribution in [0.4, 0.5) is 0 Å². The molecular weight excluding hydrogens is 366 g/mol. The summed E-state index contributed by atoms with van der Waals surface area (Å²) in [4.78, 5) is 26.2. The maximum Gasteiger partial charge on any atom is 0.266 e. The molecule has 8 heteroatoms. The fraction of sp³-hybridized carbons (Fsp3) is 0.312. The Morgan fingerprint density at radius 1 is 1.42 bits per heavy atom. The van der Waals surface area contributed by atoms with Crippen molar-refractivity contribution in [2.24, 2.45) is 0 Å². The van der Waals surface area contributed by atoms with Crippen molar-refractivity contribution in [3.8, 4) is 0 Å². The third-order valence-corrected chi connectivity index (χ3v) is 4.92. The number of carbonyl (C=O) groups excluding carboxylic acids is 2. The first kappa shape index (κ1) is 18.9. The molecule has 24 heavy (non-hydrogen) atoms. The minimum atomic E-state index is -0.141. The summed E-state index contributed by atoms with van der Waals surface area (Å²) in [6.07, 6.45) is 2.63.